The van der Waals surface area contributed by atoms with Crippen LogP contribution < -0.4 is 0 Å². The molecule has 2 rings (SSSR count). The molecular weight excluding hydrogens is 236 g/mol. The Hall–Kier alpha value is -1.47. The highest BCUT2D eigenvalue weighted by atomic mass is 16.5. The molecule has 1 aromatic rings. The van der Waals surface area contributed by atoms with Crippen molar-refractivity contribution in [3.05, 3.63) is 11.9 Å². The van der Waals surface area contributed by atoms with Gasteiger partial charge in [-0.05, 0) is 12.8 Å². The second-order valence-electron chi connectivity index (χ2n) is 4.56. The molecular formula is C11H18N4O3. The molecule has 0 aromatic carbocycles. The minimum absolute atomic E-state index is 0.0687. The molecule has 0 saturated carbocycles. The van der Waals surface area contributed by atoms with Crippen molar-refractivity contribution >= 4 is 5.97 Å². The summed E-state index contributed by atoms with van der Waals surface area (Å²) in [7, 11) is 1.85. The number of carbonyl (C=O) groups is 1. The van der Waals surface area contributed by atoms with E-state index >= 15 is 0 Å². The van der Waals surface area contributed by atoms with Crippen molar-refractivity contribution in [2.24, 2.45) is 7.05 Å². The summed E-state index contributed by atoms with van der Waals surface area (Å²) in [6.45, 7) is 2.40. The molecule has 1 fully saturated rings. The Balaban J connectivity index is 1.71. The molecule has 0 atom stereocenters. The van der Waals surface area contributed by atoms with Gasteiger partial charge in [0.1, 0.15) is 6.61 Å². The molecule has 2 heterocycles. The van der Waals surface area contributed by atoms with Crippen LogP contribution in [-0.2, 0) is 23.1 Å². The van der Waals surface area contributed by atoms with Gasteiger partial charge in [0.15, 0.2) is 0 Å². The number of hydrogen-bond acceptors (Lipinski definition) is 5. The monoisotopic (exact) mass is 254 g/mol. The summed E-state index contributed by atoms with van der Waals surface area (Å²) >= 11 is 0. The van der Waals surface area contributed by atoms with Gasteiger partial charge in [-0.1, -0.05) is 5.21 Å². The summed E-state index contributed by atoms with van der Waals surface area (Å²) in [5.74, 6) is -0.906. The van der Waals surface area contributed by atoms with E-state index < -0.39 is 5.97 Å². The van der Waals surface area contributed by atoms with Gasteiger partial charge in [0, 0.05) is 32.9 Å². The fourth-order valence-corrected chi connectivity index (χ4v) is 2.12. The van der Waals surface area contributed by atoms with E-state index in [4.69, 9.17) is 9.84 Å². The number of rotatable bonds is 5. The van der Waals surface area contributed by atoms with Crippen LogP contribution in [0, 0.1) is 0 Å². The van der Waals surface area contributed by atoms with Crippen LogP contribution in [0.4, 0.5) is 0 Å². The van der Waals surface area contributed by atoms with Crippen LogP contribution in [0.1, 0.15) is 18.5 Å². The predicted molar refractivity (Wildman–Crippen MR) is 62.9 cm³/mol. The average molecular weight is 254 g/mol. The number of piperidine rings is 1. The van der Waals surface area contributed by atoms with Crippen LogP contribution in [0.3, 0.4) is 0 Å². The predicted octanol–water partition coefficient (Wildman–Crippen LogP) is -0.119. The van der Waals surface area contributed by atoms with E-state index in [1.54, 1.807) is 4.68 Å². The van der Waals surface area contributed by atoms with Crippen molar-refractivity contribution in [2.75, 3.05) is 19.7 Å². The molecule has 0 amide bonds. The first kappa shape index (κ1) is 13.0. The van der Waals surface area contributed by atoms with Crippen LogP contribution >= 0.6 is 0 Å². The lowest BCUT2D eigenvalue weighted by molar-refractivity contribution is -0.145. The Labute approximate surface area is 105 Å². The topological polar surface area (TPSA) is 80.5 Å². The Bertz CT molecular complexity index is 399. The molecule has 100 valence electrons. The molecule has 1 saturated heterocycles. The van der Waals surface area contributed by atoms with E-state index in [0.29, 0.717) is 0 Å². The molecule has 7 heteroatoms. The second kappa shape index (κ2) is 5.92. The summed E-state index contributed by atoms with van der Waals surface area (Å²) < 4.78 is 6.98. The zero-order valence-electron chi connectivity index (χ0n) is 10.4. The number of aromatic nitrogens is 3. The molecule has 0 spiro atoms. The first-order chi connectivity index (χ1) is 8.63. The van der Waals surface area contributed by atoms with Crippen molar-refractivity contribution < 1.29 is 14.6 Å². The summed E-state index contributed by atoms with van der Waals surface area (Å²) in [5, 5.41) is 16.5. The van der Waals surface area contributed by atoms with Crippen LogP contribution in [0.5, 0.6) is 0 Å². The van der Waals surface area contributed by atoms with E-state index in [2.05, 4.69) is 15.2 Å². The van der Waals surface area contributed by atoms with Gasteiger partial charge in [-0.25, -0.2) is 4.79 Å². The third-order valence-corrected chi connectivity index (χ3v) is 3.01. The third kappa shape index (κ3) is 3.78. The number of ether oxygens (including phenoxy) is 1. The second-order valence-corrected chi connectivity index (χ2v) is 4.56. The highest BCUT2D eigenvalue weighted by Crippen LogP contribution is 2.15. The third-order valence-electron chi connectivity index (χ3n) is 3.01. The Morgan fingerprint density at radius 3 is 2.83 bits per heavy atom. The largest absolute Gasteiger partial charge is 0.480 e. The molecule has 1 aliphatic heterocycles. The van der Waals surface area contributed by atoms with E-state index in [0.717, 1.165) is 38.2 Å². The lowest BCUT2D eigenvalue weighted by Gasteiger charge is -2.30. The lowest BCUT2D eigenvalue weighted by Crippen LogP contribution is -2.37. The first-order valence-corrected chi connectivity index (χ1v) is 6.04. The first-order valence-electron chi connectivity index (χ1n) is 6.04. The van der Waals surface area contributed by atoms with Crippen LogP contribution in [0.2, 0.25) is 0 Å². The van der Waals surface area contributed by atoms with Crippen molar-refractivity contribution in [3.8, 4) is 0 Å². The van der Waals surface area contributed by atoms with Crippen LogP contribution in [0.25, 0.3) is 0 Å². The Kier molecular flexibility index (Phi) is 4.27. The molecule has 0 radical (unpaired) electrons. The highest BCUT2D eigenvalue weighted by molar-refractivity contribution is 5.68. The van der Waals surface area contributed by atoms with Crippen molar-refractivity contribution in [1.29, 1.82) is 0 Å². The smallest absolute Gasteiger partial charge is 0.329 e. The van der Waals surface area contributed by atoms with E-state index in [9.17, 15) is 4.79 Å². The van der Waals surface area contributed by atoms with Crippen molar-refractivity contribution in [3.63, 3.8) is 0 Å². The number of likely N-dealkylation sites (tertiary alicyclic amines) is 1. The fourth-order valence-electron chi connectivity index (χ4n) is 2.12. The number of carboxylic acid groups (broad SMARTS) is 1. The van der Waals surface area contributed by atoms with Crippen LogP contribution in [0.15, 0.2) is 6.20 Å². The Morgan fingerprint density at radius 2 is 2.28 bits per heavy atom. The van der Waals surface area contributed by atoms with Crippen LogP contribution in [-0.4, -0.2) is 56.8 Å². The number of aliphatic carboxylic acids is 1. The lowest BCUT2D eigenvalue weighted by atomic mass is 10.1. The Morgan fingerprint density at radius 1 is 1.56 bits per heavy atom. The fraction of sp³-hybridized carbons (Fsp3) is 0.727. The van der Waals surface area contributed by atoms with E-state index in [1.807, 2.05) is 13.2 Å². The van der Waals surface area contributed by atoms with Gasteiger partial charge in [-0.2, -0.15) is 0 Å². The number of carboxylic acids is 1. The van der Waals surface area contributed by atoms with Gasteiger partial charge in [0.2, 0.25) is 0 Å². The number of nitrogens with zero attached hydrogens (tertiary/aromatic N) is 4. The molecule has 18 heavy (non-hydrogen) atoms. The van der Waals surface area contributed by atoms with Gasteiger partial charge in [0.25, 0.3) is 0 Å². The van der Waals surface area contributed by atoms with E-state index in [1.165, 1.54) is 0 Å². The van der Waals surface area contributed by atoms with Gasteiger partial charge < -0.3 is 9.84 Å². The molecule has 1 N–H and O–H groups in total. The number of aryl methyl sites for hydroxylation is 1. The standard InChI is InChI=1S/C11H18N4O3/c1-14-6-9(12-13-14)7-15-4-2-10(3-5-15)18-8-11(16)17/h6,10H,2-5,7-8H2,1H3,(H,16,17). The summed E-state index contributed by atoms with van der Waals surface area (Å²) in [6, 6.07) is 0. The van der Waals surface area contributed by atoms with Crippen molar-refractivity contribution in [2.45, 2.75) is 25.5 Å². The molecule has 1 aromatic heterocycles. The molecule has 0 unspecified atom stereocenters. The quantitative estimate of drug-likeness (QED) is 0.789. The molecule has 0 aliphatic carbocycles. The normalized spacial score (nSPS) is 18.1. The minimum Gasteiger partial charge on any atom is -0.480 e. The van der Waals surface area contributed by atoms with Crippen molar-refractivity contribution in [1.82, 2.24) is 19.9 Å². The molecule has 7 nitrogen and oxygen atoms in total. The van der Waals surface area contributed by atoms with Gasteiger partial charge in [-0.15, -0.1) is 5.10 Å². The van der Waals surface area contributed by atoms with Gasteiger partial charge >= 0.3 is 5.97 Å². The maximum atomic E-state index is 10.4. The maximum absolute atomic E-state index is 10.4. The zero-order valence-corrected chi connectivity index (χ0v) is 10.4. The molecule has 0 bridgehead atoms. The van der Waals surface area contributed by atoms with Gasteiger partial charge in [0.05, 0.1) is 11.8 Å². The summed E-state index contributed by atoms with van der Waals surface area (Å²) in [4.78, 5) is 12.7. The average Bonchev–Trinajstić information content (AvgIpc) is 2.74. The highest BCUT2D eigenvalue weighted by Gasteiger charge is 2.20. The minimum atomic E-state index is -0.906. The summed E-state index contributed by atoms with van der Waals surface area (Å²) in [6.07, 6.45) is 3.72. The molecule has 1 aliphatic rings. The SMILES string of the molecule is Cn1cc(CN2CCC(OCC(=O)O)CC2)nn1. The number of hydrogen-bond donors (Lipinski definition) is 1. The zero-order chi connectivity index (χ0) is 13.0. The maximum Gasteiger partial charge on any atom is 0.329 e. The van der Waals surface area contributed by atoms with E-state index in [-0.39, 0.29) is 12.7 Å². The van der Waals surface area contributed by atoms with Gasteiger partial charge in [-0.3, -0.25) is 9.58 Å². The summed E-state index contributed by atoms with van der Waals surface area (Å²) in [5.41, 5.74) is 0.961.